The number of hydrogen-bond donors (Lipinski definition) is 1. The van der Waals surface area contributed by atoms with E-state index in [1.807, 2.05) is 64.1 Å². The van der Waals surface area contributed by atoms with Gasteiger partial charge in [0.05, 0.1) is 10.6 Å². The van der Waals surface area contributed by atoms with Gasteiger partial charge in [0.25, 0.3) is 10.0 Å². The van der Waals surface area contributed by atoms with Crippen molar-refractivity contribution >= 4 is 27.5 Å². The van der Waals surface area contributed by atoms with E-state index in [2.05, 4.69) is 19.2 Å². The Labute approximate surface area is 252 Å². The summed E-state index contributed by atoms with van der Waals surface area (Å²) in [7, 11) is -4.10. The Morgan fingerprint density at radius 1 is 0.833 bits per heavy atom. The van der Waals surface area contributed by atoms with Gasteiger partial charge in [-0.05, 0) is 68.0 Å². The molecule has 3 rings (SSSR count). The average molecular weight is 592 g/mol. The number of unbranched alkanes of at least 4 members (excludes halogenated alkanes) is 1. The summed E-state index contributed by atoms with van der Waals surface area (Å²) >= 11 is 0. The van der Waals surface area contributed by atoms with E-state index in [-0.39, 0.29) is 23.3 Å². The fourth-order valence-electron chi connectivity index (χ4n) is 4.71. The lowest BCUT2D eigenvalue weighted by Crippen LogP contribution is -2.52. The Balaban J connectivity index is 2.04. The molecule has 8 heteroatoms. The summed E-state index contributed by atoms with van der Waals surface area (Å²) in [6.45, 7) is 12.2. The van der Waals surface area contributed by atoms with Crippen LogP contribution < -0.4 is 9.62 Å². The molecule has 0 fully saturated rings. The molecular formula is C34H45N3O4S. The number of rotatable bonds is 14. The molecule has 0 aliphatic heterocycles. The monoisotopic (exact) mass is 591 g/mol. The zero-order chi connectivity index (χ0) is 30.9. The second-order valence-electron chi connectivity index (χ2n) is 11.1. The van der Waals surface area contributed by atoms with Crippen LogP contribution in [0.3, 0.4) is 0 Å². The van der Waals surface area contributed by atoms with Crippen LogP contribution in [0.4, 0.5) is 5.69 Å². The third kappa shape index (κ3) is 8.44. The molecule has 7 nitrogen and oxygen atoms in total. The largest absolute Gasteiger partial charge is 0.354 e. The van der Waals surface area contributed by atoms with Crippen molar-refractivity contribution in [2.45, 2.75) is 84.2 Å². The molecule has 3 aromatic carbocycles. The Hall–Kier alpha value is -3.65. The molecule has 2 amide bonds. The number of benzene rings is 3. The van der Waals surface area contributed by atoms with Crippen molar-refractivity contribution in [1.29, 1.82) is 0 Å². The number of nitrogens with zero attached hydrogens (tertiary/aromatic N) is 2. The topological polar surface area (TPSA) is 86.8 Å². The molecule has 1 atom stereocenters. The van der Waals surface area contributed by atoms with Crippen molar-refractivity contribution in [3.05, 3.63) is 95.1 Å². The van der Waals surface area contributed by atoms with Crippen molar-refractivity contribution in [1.82, 2.24) is 10.2 Å². The molecule has 0 aromatic heterocycles. The van der Waals surface area contributed by atoms with Gasteiger partial charge in [-0.3, -0.25) is 13.9 Å². The normalized spacial score (nSPS) is 12.2. The smallest absolute Gasteiger partial charge is 0.264 e. The summed E-state index contributed by atoms with van der Waals surface area (Å²) in [6.07, 6.45) is 2.16. The predicted octanol–water partition coefficient (Wildman–Crippen LogP) is 6.35. The number of carbonyl (C=O) groups is 2. The molecular weight excluding hydrogens is 546 g/mol. The minimum absolute atomic E-state index is 0.100. The van der Waals surface area contributed by atoms with Crippen LogP contribution in [0.2, 0.25) is 0 Å². The van der Waals surface area contributed by atoms with E-state index in [1.165, 1.54) is 4.90 Å². The molecule has 3 aromatic rings. The molecule has 0 bridgehead atoms. The quantitative estimate of drug-likeness (QED) is 0.222. The molecule has 226 valence electrons. The maximum Gasteiger partial charge on any atom is 0.264 e. The fraction of sp³-hybridized carbons (Fsp3) is 0.412. The minimum atomic E-state index is -4.10. The number of sulfonamides is 1. The first-order valence-electron chi connectivity index (χ1n) is 14.8. The minimum Gasteiger partial charge on any atom is -0.354 e. The summed E-state index contributed by atoms with van der Waals surface area (Å²) in [5.41, 5.74) is 4.34. The predicted molar refractivity (Wildman–Crippen MR) is 170 cm³/mol. The highest BCUT2D eigenvalue weighted by molar-refractivity contribution is 7.92. The first-order chi connectivity index (χ1) is 20.0. The molecule has 0 radical (unpaired) electrons. The summed E-state index contributed by atoms with van der Waals surface area (Å²) in [4.78, 5) is 29.1. The lowest BCUT2D eigenvalue weighted by molar-refractivity contribution is -0.140. The zero-order valence-electron chi connectivity index (χ0n) is 25.8. The first kappa shape index (κ1) is 32.9. The SMILES string of the molecule is CCCCNC(=O)[C@H](CC)N(Cc1ccc(C)cc1)C(=O)CN(c1ccc(C(C)C)cc1)S(=O)(=O)c1ccc(C)cc1. The Morgan fingerprint density at radius 3 is 1.93 bits per heavy atom. The summed E-state index contributed by atoms with van der Waals surface area (Å²) in [5, 5.41) is 2.96. The van der Waals surface area contributed by atoms with Crippen molar-refractivity contribution < 1.29 is 18.0 Å². The van der Waals surface area contributed by atoms with Crippen molar-refractivity contribution in [2.75, 3.05) is 17.4 Å². The molecule has 0 spiro atoms. The number of carbonyl (C=O) groups excluding carboxylic acids is 2. The van der Waals surface area contributed by atoms with Crippen molar-refractivity contribution in [3.8, 4) is 0 Å². The Bertz CT molecular complexity index is 1420. The maximum absolute atomic E-state index is 14.2. The maximum atomic E-state index is 14.2. The van der Waals surface area contributed by atoms with E-state index >= 15 is 0 Å². The third-order valence-corrected chi connectivity index (χ3v) is 9.21. The van der Waals surface area contributed by atoms with Gasteiger partial charge in [-0.25, -0.2) is 8.42 Å². The van der Waals surface area contributed by atoms with Gasteiger partial charge >= 0.3 is 0 Å². The van der Waals surface area contributed by atoms with Gasteiger partial charge < -0.3 is 10.2 Å². The number of amides is 2. The van der Waals surface area contributed by atoms with E-state index in [0.717, 1.165) is 39.4 Å². The van der Waals surface area contributed by atoms with Gasteiger partial charge in [-0.2, -0.15) is 0 Å². The number of hydrogen-bond acceptors (Lipinski definition) is 4. The van der Waals surface area contributed by atoms with Gasteiger partial charge in [-0.1, -0.05) is 93.8 Å². The fourth-order valence-corrected chi connectivity index (χ4v) is 6.12. The van der Waals surface area contributed by atoms with Crippen LogP contribution in [0, 0.1) is 13.8 Å². The van der Waals surface area contributed by atoms with E-state index in [9.17, 15) is 18.0 Å². The third-order valence-electron chi connectivity index (χ3n) is 7.42. The van der Waals surface area contributed by atoms with Crippen LogP contribution >= 0.6 is 0 Å². The Morgan fingerprint density at radius 2 is 1.40 bits per heavy atom. The molecule has 0 aliphatic rings. The van der Waals surface area contributed by atoms with E-state index < -0.39 is 28.5 Å². The van der Waals surface area contributed by atoms with Gasteiger partial charge in [0.1, 0.15) is 12.6 Å². The summed E-state index contributed by atoms with van der Waals surface area (Å²) in [5.74, 6) is -0.415. The van der Waals surface area contributed by atoms with Crippen LogP contribution in [-0.2, 0) is 26.2 Å². The second-order valence-corrected chi connectivity index (χ2v) is 13.0. The number of nitrogens with one attached hydrogen (secondary N) is 1. The standard InChI is InChI=1S/C34H45N3O4S/c1-7-9-22-35-34(39)32(8-2)36(23-28-14-10-26(5)11-15-28)33(38)24-37(30-18-16-29(17-19-30)25(3)4)42(40,41)31-20-12-27(6)13-21-31/h10-21,25,32H,7-9,22-24H2,1-6H3,(H,35,39)/t32-/m0/s1. The number of aryl methyl sites for hydroxylation is 2. The molecule has 0 aliphatic carbocycles. The highest BCUT2D eigenvalue weighted by Crippen LogP contribution is 2.27. The van der Waals surface area contributed by atoms with Crippen molar-refractivity contribution in [2.24, 2.45) is 0 Å². The van der Waals surface area contributed by atoms with Crippen LogP contribution in [0.1, 0.15) is 75.1 Å². The van der Waals surface area contributed by atoms with Gasteiger partial charge in [0.2, 0.25) is 11.8 Å². The van der Waals surface area contributed by atoms with E-state index in [0.29, 0.717) is 18.7 Å². The van der Waals surface area contributed by atoms with Gasteiger partial charge in [-0.15, -0.1) is 0 Å². The van der Waals surface area contributed by atoms with Gasteiger partial charge in [0.15, 0.2) is 0 Å². The van der Waals surface area contributed by atoms with Gasteiger partial charge in [0, 0.05) is 13.1 Å². The molecule has 1 N–H and O–H groups in total. The van der Waals surface area contributed by atoms with Crippen LogP contribution in [-0.4, -0.2) is 44.3 Å². The zero-order valence-corrected chi connectivity index (χ0v) is 26.6. The molecule has 42 heavy (non-hydrogen) atoms. The van der Waals surface area contributed by atoms with Crippen LogP contribution in [0.5, 0.6) is 0 Å². The molecule has 0 saturated carbocycles. The molecule has 0 heterocycles. The number of anilines is 1. The molecule has 0 saturated heterocycles. The van der Waals surface area contributed by atoms with Crippen LogP contribution in [0.15, 0.2) is 77.7 Å². The van der Waals surface area contributed by atoms with Crippen molar-refractivity contribution in [3.63, 3.8) is 0 Å². The Kier molecular flexibility index (Phi) is 11.7. The lowest BCUT2D eigenvalue weighted by Gasteiger charge is -2.33. The lowest BCUT2D eigenvalue weighted by atomic mass is 10.0. The highest BCUT2D eigenvalue weighted by Gasteiger charge is 2.33. The van der Waals surface area contributed by atoms with E-state index in [1.54, 1.807) is 36.4 Å². The summed E-state index contributed by atoms with van der Waals surface area (Å²) < 4.78 is 29.2. The van der Waals surface area contributed by atoms with E-state index in [4.69, 9.17) is 0 Å². The second kappa shape index (κ2) is 15.0. The first-order valence-corrected chi connectivity index (χ1v) is 16.2. The molecule has 0 unspecified atom stereocenters. The van der Waals surface area contributed by atoms with Crippen LogP contribution in [0.25, 0.3) is 0 Å². The highest BCUT2D eigenvalue weighted by atomic mass is 32.2. The summed E-state index contributed by atoms with van der Waals surface area (Å²) in [6, 6.07) is 20.9. The average Bonchev–Trinajstić information content (AvgIpc) is 2.97.